The Bertz CT molecular complexity index is 270. The van der Waals surface area contributed by atoms with E-state index in [1.165, 1.54) is 25.9 Å². The van der Waals surface area contributed by atoms with Crippen molar-refractivity contribution in [3.63, 3.8) is 0 Å². The molecule has 2 aliphatic rings. The highest BCUT2D eigenvalue weighted by Gasteiger charge is 2.38. The van der Waals surface area contributed by atoms with Crippen LogP contribution >= 0.6 is 0 Å². The van der Waals surface area contributed by atoms with Crippen LogP contribution < -0.4 is 5.32 Å². The summed E-state index contributed by atoms with van der Waals surface area (Å²) in [5, 5.41) is 12.4. The summed E-state index contributed by atoms with van der Waals surface area (Å²) >= 11 is 0. The van der Waals surface area contributed by atoms with Crippen LogP contribution in [-0.4, -0.2) is 51.3 Å². The Morgan fingerprint density at radius 1 is 1.56 bits per heavy atom. The van der Waals surface area contributed by atoms with Crippen molar-refractivity contribution < 1.29 is 4.74 Å². The Morgan fingerprint density at radius 2 is 2.38 bits per heavy atom. The number of hydrogen-bond donors (Lipinski definition) is 1. The normalized spacial score (nSPS) is 28.6. The van der Waals surface area contributed by atoms with E-state index in [2.05, 4.69) is 23.3 Å². The number of likely N-dealkylation sites (tertiary alicyclic amines) is 1. The van der Waals surface area contributed by atoms with E-state index in [9.17, 15) is 0 Å². The third-order valence-electron chi connectivity index (χ3n) is 3.68. The van der Waals surface area contributed by atoms with E-state index >= 15 is 0 Å². The zero-order chi connectivity index (χ0) is 11.4. The fourth-order valence-electron chi connectivity index (χ4n) is 2.45. The van der Waals surface area contributed by atoms with Gasteiger partial charge >= 0.3 is 0 Å². The van der Waals surface area contributed by atoms with Gasteiger partial charge in [-0.25, -0.2) is 0 Å². The third-order valence-corrected chi connectivity index (χ3v) is 3.68. The van der Waals surface area contributed by atoms with Crippen LogP contribution in [0, 0.1) is 22.7 Å². The molecule has 0 radical (unpaired) electrons. The van der Waals surface area contributed by atoms with E-state index < -0.39 is 0 Å². The lowest BCUT2D eigenvalue weighted by Crippen LogP contribution is -2.48. The zero-order valence-corrected chi connectivity index (χ0v) is 10.0. The van der Waals surface area contributed by atoms with E-state index in [1.54, 1.807) is 0 Å². The second-order valence-electron chi connectivity index (χ2n) is 5.27. The van der Waals surface area contributed by atoms with Gasteiger partial charge in [-0.3, -0.25) is 0 Å². The minimum Gasteiger partial charge on any atom is -0.378 e. The minimum absolute atomic E-state index is 0.230. The molecule has 1 unspecified atom stereocenters. The van der Waals surface area contributed by atoms with E-state index in [-0.39, 0.29) is 5.41 Å². The maximum absolute atomic E-state index is 9.01. The number of ether oxygens (including phenoxy) is 1. The first-order valence-corrected chi connectivity index (χ1v) is 6.12. The molecule has 1 N–H and O–H groups in total. The Kier molecular flexibility index (Phi) is 3.80. The second-order valence-corrected chi connectivity index (χ2v) is 5.27. The summed E-state index contributed by atoms with van der Waals surface area (Å²) in [4.78, 5) is 2.39. The number of nitrogens with one attached hydrogen (secondary N) is 1. The first-order chi connectivity index (χ1) is 7.74. The molecule has 4 heteroatoms. The van der Waals surface area contributed by atoms with Crippen LogP contribution in [0.1, 0.15) is 12.8 Å². The first kappa shape index (κ1) is 11.8. The molecule has 0 aromatic heterocycles. The Labute approximate surface area is 97.6 Å². The summed E-state index contributed by atoms with van der Waals surface area (Å²) in [6, 6.07) is 2.35. The minimum atomic E-state index is -0.230. The molecule has 0 aromatic rings. The summed E-state index contributed by atoms with van der Waals surface area (Å²) in [6.07, 6.45) is 2.55. The summed E-state index contributed by atoms with van der Waals surface area (Å²) < 4.78 is 5.10. The van der Waals surface area contributed by atoms with Gasteiger partial charge in [0.2, 0.25) is 0 Å². The Hall–Kier alpha value is -0.630. The SMILES string of the molecule is CN1CCC(CCNCC2(C#N)COC2)C1. The molecular formula is C12H21N3O. The highest BCUT2D eigenvalue weighted by molar-refractivity contribution is 5.05. The second kappa shape index (κ2) is 5.13. The molecule has 2 rings (SSSR count). The molecule has 2 fully saturated rings. The largest absolute Gasteiger partial charge is 0.378 e. The topological polar surface area (TPSA) is 48.3 Å². The van der Waals surface area contributed by atoms with Crippen LogP contribution in [0.4, 0.5) is 0 Å². The van der Waals surface area contributed by atoms with E-state index in [1.807, 2.05) is 0 Å². The van der Waals surface area contributed by atoms with Crippen LogP contribution in [0.2, 0.25) is 0 Å². The van der Waals surface area contributed by atoms with Crippen LogP contribution in [0.15, 0.2) is 0 Å². The number of hydrogen-bond acceptors (Lipinski definition) is 4. The van der Waals surface area contributed by atoms with Crippen LogP contribution in [0.3, 0.4) is 0 Å². The molecule has 16 heavy (non-hydrogen) atoms. The summed E-state index contributed by atoms with van der Waals surface area (Å²) in [6.45, 7) is 5.48. The maximum atomic E-state index is 9.01. The summed E-state index contributed by atoms with van der Waals surface area (Å²) in [5.41, 5.74) is -0.230. The average Bonchev–Trinajstić information content (AvgIpc) is 2.62. The van der Waals surface area contributed by atoms with Gasteiger partial charge in [0, 0.05) is 13.1 Å². The molecular weight excluding hydrogens is 202 g/mol. The summed E-state index contributed by atoms with van der Waals surface area (Å²) in [7, 11) is 2.18. The third kappa shape index (κ3) is 2.73. The highest BCUT2D eigenvalue weighted by Crippen LogP contribution is 2.25. The van der Waals surface area contributed by atoms with Gasteiger partial charge in [-0.05, 0) is 38.9 Å². The zero-order valence-electron chi connectivity index (χ0n) is 10.0. The predicted octanol–water partition coefficient (Wildman–Crippen LogP) is 0.458. The van der Waals surface area contributed by atoms with Crippen molar-refractivity contribution in [3.8, 4) is 6.07 Å². The molecule has 0 bridgehead atoms. The molecule has 90 valence electrons. The monoisotopic (exact) mass is 223 g/mol. The van der Waals surface area contributed by atoms with Crippen molar-refractivity contribution in [3.05, 3.63) is 0 Å². The van der Waals surface area contributed by atoms with Gasteiger partial charge in [0.25, 0.3) is 0 Å². The van der Waals surface area contributed by atoms with E-state index in [0.717, 1.165) is 19.0 Å². The molecule has 0 amide bonds. The van der Waals surface area contributed by atoms with Gasteiger partial charge in [-0.15, -0.1) is 0 Å². The van der Waals surface area contributed by atoms with Crippen LogP contribution in [0.5, 0.6) is 0 Å². The summed E-state index contributed by atoms with van der Waals surface area (Å²) in [5.74, 6) is 0.841. The van der Waals surface area contributed by atoms with Gasteiger partial charge in [-0.1, -0.05) is 0 Å². The van der Waals surface area contributed by atoms with Crippen molar-refractivity contribution in [1.29, 1.82) is 5.26 Å². The molecule has 2 saturated heterocycles. The van der Waals surface area contributed by atoms with Crippen molar-refractivity contribution in [1.82, 2.24) is 10.2 Å². The molecule has 2 aliphatic heterocycles. The fourth-order valence-corrected chi connectivity index (χ4v) is 2.45. The van der Waals surface area contributed by atoms with Gasteiger partial charge in [0.1, 0.15) is 5.41 Å². The Balaban J connectivity index is 1.57. The van der Waals surface area contributed by atoms with E-state index in [4.69, 9.17) is 10.00 Å². The Morgan fingerprint density at radius 3 is 2.88 bits per heavy atom. The van der Waals surface area contributed by atoms with Crippen LogP contribution in [0.25, 0.3) is 0 Å². The first-order valence-electron chi connectivity index (χ1n) is 6.12. The standard InChI is InChI=1S/C12H21N3O/c1-15-5-3-11(6-15)2-4-14-8-12(7-13)9-16-10-12/h11,14H,2-6,8-10H2,1H3. The lowest BCUT2D eigenvalue weighted by atomic mass is 9.88. The molecule has 0 aliphatic carbocycles. The van der Waals surface area contributed by atoms with Gasteiger partial charge < -0.3 is 15.0 Å². The van der Waals surface area contributed by atoms with E-state index in [0.29, 0.717) is 13.2 Å². The van der Waals surface area contributed by atoms with Gasteiger partial charge in [0.15, 0.2) is 0 Å². The maximum Gasteiger partial charge on any atom is 0.116 e. The number of rotatable bonds is 5. The number of nitrogens with zero attached hydrogens (tertiary/aromatic N) is 2. The quantitative estimate of drug-likeness (QED) is 0.688. The average molecular weight is 223 g/mol. The van der Waals surface area contributed by atoms with Crippen molar-refractivity contribution >= 4 is 0 Å². The molecule has 0 aromatic carbocycles. The smallest absolute Gasteiger partial charge is 0.116 e. The van der Waals surface area contributed by atoms with Crippen LogP contribution in [-0.2, 0) is 4.74 Å². The molecule has 1 atom stereocenters. The lowest BCUT2D eigenvalue weighted by molar-refractivity contribution is -0.0753. The molecule has 0 spiro atoms. The van der Waals surface area contributed by atoms with Crippen molar-refractivity contribution in [2.45, 2.75) is 12.8 Å². The van der Waals surface area contributed by atoms with Gasteiger partial charge in [-0.2, -0.15) is 5.26 Å². The van der Waals surface area contributed by atoms with Crippen molar-refractivity contribution in [2.75, 3.05) is 46.4 Å². The lowest BCUT2D eigenvalue weighted by Gasteiger charge is -2.35. The molecule has 4 nitrogen and oxygen atoms in total. The highest BCUT2D eigenvalue weighted by atomic mass is 16.5. The van der Waals surface area contributed by atoms with Gasteiger partial charge in [0.05, 0.1) is 19.3 Å². The number of nitriles is 1. The fraction of sp³-hybridized carbons (Fsp3) is 0.917. The predicted molar refractivity (Wildman–Crippen MR) is 62.0 cm³/mol. The van der Waals surface area contributed by atoms with Crippen molar-refractivity contribution in [2.24, 2.45) is 11.3 Å². The molecule has 0 saturated carbocycles. The molecule has 2 heterocycles.